The SMILES string of the molecule is CSCC[C@H](N)C(=O)OC[C@H]1O[C@@H]([n+]2cccc(C(N)=O)c2)[C@H](O)[C@@H]1O. The fourth-order valence-electron chi connectivity index (χ4n) is 2.54. The number of ether oxygens (including phenoxy) is 2. The van der Waals surface area contributed by atoms with E-state index in [0.717, 1.165) is 5.75 Å². The van der Waals surface area contributed by atoms with Gasteiger partial charge < -0.3 is 31.2 Å². The van der Waals surface area contributed by atoms with Crippen LogP contribution >= 0.6 is 11.8 Å². The first-order valence-corrected chi connectivity index (χ1v) is 9.48. The van der Waals surface area contributed by atoms with Gasteiger partial charge in [-0.3, -0.25) is 9.59 Å². The number of pyridine rings is 1. The van der Waals surface area contributed by atoms with Gasteiger partial charge >= 0.3 is 5.97 Å². The molecule has 1 aromatic rings. The fraction of sp³-hybridized carbons (Fsp3) is 0.562. The number of primary amides is 1. The van der Waals surface area contributed by atoms with E-state index >= 15 is 0 Å². The summed E-state index contributed by atoms with van der Waals surface area (Å²) >= 11 is 1.57. The predicted octanol–water partition coefficient (Wildman–Crippen LogP) is -1.68. The van der Waals surface area contributed by atoms with Gasteiger partial charge in [0.25, 0.3) is 12.1 Å². The lowest BCUT2D eigenvalue weighted by atomic mass is 10.1. The first kappa shape index (κ1) is 20.6. The molecule has 6 N–H and O–H groups in total. The highest BCUT2D eigenvalue weighted by molar-refractivity contribution is 7.98. The van der Waals surface area contributed by atoms with Crippen molar-refractivity contribution < 1.29 is 33.8 Å². The van der Waals surface area contributed by atoms with E-state index in [0.29, 0.717) is 6.42 Å². The average Bonchev–Trinajstić information content (AvgIpc) is 2.92. The van der Waals surface area contributed by atoms with E-state index in [-0.39, 0.29) is 12.2 Å². The number of esters is 1. The van der Waals surface area contributed by atoms with E-state index in [9.17, 15) is 19.8 Å². The summed E-state index contributed by atoms with van der Waals surface area (Å²) < 4.78 is 12.1. The summed E-state index contributed by atoms with van der Waals surface area (Å²) in [5.74, 6) is -0.486. The molecule has 0 spiro atoms. The highest BCUT2D eigenvalue weighted by atomic mass is 32.2. The van der Waals surface area contributed by atoms with E-state index in [4.69, 9.17) is 20.9 Å². The second-order valence-corrected chi connectivity index (χ2v) is 6.95. The molecule has 2 heterocycles. The van der Waals surface area contributed by atoms with Crippen LogP contribution in [0, 0.1) is 0 Å². The van der Waals surface area contributed by atoms with Crippen molar-refractivity contribution >= 4 is 23.6 Å². The summed E-state index contributed by atoms with van der Waals surface area (Å²) in [6.07, 6.45) is 0.976. The van der Waals surface area contributed by atoms with Crippen molar-refractivity contribution in [1.82, 2.24) is 0 Å². The number of nitrogens with zero attached hydrogens (tertiary/aromatic N) is 1. The number of carbonyl (C=O) groups excluding carboxylic acids is 2. The molecule has 10 heteroatoms. The molecule has 26 heavy (non-hydrogen) atoms. The molecule has 144 valence electrons. The van der Waals surface area contributed by atoms with Gasteiger partial charge in [0.05, 0.1) is 0 Å². The second kappa shape index (κ2) is 9.28. The van der Waals surface area contributed by atoms with E-state index in [1.54, 1.807) is 24.0 Å². The molecule has 2 rings (SSSR count). The van der Waals surface area contributed by atoms with Gasteiger partial charge in [-0.1, -0.05) is 0 Å². The molecule has 9 nitrogen and oxygen atoms in total. The van der Waals surface area contributed by atoms with E-state index in [1.807, 2.05) is 6.26 Å². The van der Waals surface area contributed by atoms with E-state index in [1.165, 1.54) is 16.8 Å². The van der Waals surface area contributed by atoms with Gasteiger partial charge in [0.2, 0.25) is 0 Å². The molecule has 0 radical (unpaired) electrons. The van der Waals surface area contributed by atoms with Crippen LogP contribution in [0.15, 0.2) is 24.5 Å². The molecule has 0 aromatic carbocycles. The normalized spacial score (nSPS) is 26.5. The zero-order chi connectivity index (χ0) is 19.3. The lowest BCUT2D eigenvalue weighted by Gasteiger charge is -2.16. The molecule has 1 amide bonds. The summed E-state index contributed by atoms with van der Waals surface area (Å²) in [6, 6.07) is 2.34. The topological polar surface area (TPSA) is 149 Å². The van der Waals surface area contributed by atoms with Gasteiger partial charge in [0.1, 0.15) is 30.4 Å². The number of amides is 1. The van der Waals surface area contributed by atoms with Crippen molar-refractivity contribution in [2.75, 3.05) is 18.6 Å². The first-order chi connectivity index (χ1) is 12.3. The van der Waals surface area contributed by atoms with Gasteiger partial charge in [0, 0.05) is 6.07 Å². The third kappa shape index (κ3) is 4.92. The summed E-state index contributed by atoms with van der Waals surface area (Å²) in [5, 5.41) is 20.4. The Morgan fingerprint density at radius 2 is 2.15 bits per heavy atom. The number of hydrogen-bond acceptors (Lipinski definition) is 8. The van der Waals surface area contributed by atoms with Crippen LogP contribution in [0.2, 0.25) is 0 Å². The number of aliphatic hydroxyl groups excluding tert-OH is 2. The average molecular weight is 386 g/mol. The Bertz CT molecular complexity index is 646. The molecule has 0 bridgehead atoms. The minimum atomic E-state index is -1.27. The van der Waals surface area contributed by atoms with Crippen molar-refractivity contribution in [3.63, 3.8) is 0 Å². The quantitative estimate of drug-likeness (QED) is 0.306. The van der Waals surface area contributed by atoms with Crippen LogP contribution in [0.3, 0.4) is 0 Å². The number of rotatable bonds is 8. The van der Waals surface area contributed by atoms with Crippen LogP contribution < -0.4 is 16.0 Å². The lowest BCUT2D eigenvalue weighted by molar-refractivity contribution is -0.765. The number of aromatic nitrogens is 1. The minimum Gasteiger partial charge on any atom is -0.462 e. The Hall–Kier alpha value is -1.72. The highest BCUT2D eigenvalue weighted by Gasteiger charge is 2.48. The summed E-state index contributed by atoms with van der Waals surface area (Å²) in [6.45, 7) is -0.239. The van der Waals surface area contributed by atoms with Crippen molar-refractivity contribution in [3.8, 4) is 0 Å². The Morgan fingerprint density at radius 1 is 1.42 bits per heavy atom. The molecule has 1 saturated heterocycles. The van der Waals surface area contributed by atoms with E-state index < -0.39 is 42.5 Å². The molecule has 0 saturated carbocycles. The molecule has 5 atom stereocenters. The molecule has 1 aliphatic heterocycles. The Labute approximate surface area is 155 Å². The van der Waals surface area contributed by atoms with Gasteiger partial charge in [-0.15, -0.1) is 0 Å². The zero-order valence-corrected chi connectivity index (χ0v) is 15.2. The number of aliphatic hydroxyl groups is 2. The van der Waals surface area contributed by atoms with Gasteiger partial charge in [-0.25, -0.2) is 0 Å². The third-order valence-electron chi connectivity index (χ3n) is 4.06. The summed E-state index contributed by atoms with van der Waals surface area (Å²) in [7, 11) is 0. The van der Waals surface area contributed by atoms with Crippen LogP contribution in [-0.2, 0) is 14.3 Å². The molecule has 1 aliphatic rings. The van der Waals surface area contributed by atoms with Crippen LogP contribution in [0.25, 0.3) is 0 Å². The monoisotopic (exact) mass is 386 g/mol. The molecule has 0 aliphatic carbocycles. The van der Waals surface area contributed by atoms with Crippen molar-refractivity contribution in [1.29, 1.82) is 0 Å². The minimum absolute atomic E-state index is 0.229. The molecular weight excluding hydrogens is 362 g/mol. The predicted molar refractivity (Wildman–Crippen MR) is 93.0 cm³/mol. The van der Waals surface area contributed by atoms with Crippen LogP contribution in [0.5, 0.6) is 0 Å². The molecule has 1 aromatic heterocycles. The highest BCUT2D eigenvalue weighted by Crippen LogP contribution is 2.25. The lowest BCUT2D eigenvalue weighted by Crippen LogP contribution is -2.46. The van der Waals surface area contributed by atoms with Crippen molar-refractivity contribution in [2.24, 2.45) is 11.5 Å². The molecule has 1 fully saturated rings. The van der Waals surface area contributed by atoms with Crippen molar-refractivity contribution in [3.05, 3.63) is 30.1 Å². The van der Waals surface area contributed by atoms with Crippen molar-refractivity contribution in [2.45, 2.75) is 37.0 Å². The van der Waals surface area contributed by atoms with Crippen LogP contribution in [-0.4, -0.2) is 65.1 Å². The second-order valence-electron chi connectivity index (χ2n) is 5.97. The third-order valence-corrected chi connectivity index (χ3v) is 4.71. The summed E-state index contributed by atoms with van der Waals surface area (Å²) in [4.78, 5) is 23.1. The number of hydrogen-bond donors (Lipinski definition) is 4. The van der Waals surface area contributed by atoms with Gasteiger partial charge in [-0.2, -0.15) is 16.3 Å². The Morgan fingerprint density at radius 3 is 2.81 bits per heavy atom. The van der Waals surface area contributed by atoms with E-state index in [2.05, 4.69) is 0 Å². The number of carbonyl (C=O) groups is 2. The van der Waals surface area contributed by atoms with Crippen LogP contribution in [0.4, 0.5) is 0 Å². The smallest absolute Gasteiger partial charge is 0.323 e. The number of thioether (sulfide) groups is 1. The first-order valence-electron chi connectivity index (χ1n) is 8.08. The largest absolute Gasteiger partial charge is 0.462 e. The maximum absolute atomic E-state index is 11.9. The van der Waals surface area contributed by atoms with Gasteiger partial charge in [0.15, 0.2) is 18.5 Å². The fourth-order valence-corrected chi connectivity index (χ4v) is 3.03. The standard InChI is InChI=1S/C16H23N3O6S/c1-26-6-4-10(17)16(23)24-8-11-12(20)13(21)15(25-11)19-5-2-3-9(7-19)14(18)22/h2-3,5,7,10-13,15,20-21H,4,6,8,17H2,1H3,(H-,18,22)/p+1/t10-,11+,12+,13+,15+/m0/s1. The zero-order valence-electron chi connectivity index (χ0n) is 14.4. The Kier molecular flexibility index (Phi) is 7.35. The molecular formula is C16H24N3O6S+. The van der Waals surface area contributed by atoms with Crippen LogP contribution in [0.1, 0.15) is 23.0 Å². The molecule has 0 unspecified atom stereocenters. The number of nitrogens with two attached hydrogens (primary N) is 2. The van der Waals surface area contributed by atoms with Gasteiger partial charge in [-0.05, 0) is 24.5 Å². The summed E-state index contributed by atoms with van der Waals surface area (Å²) in [5.41, 5.74) is 11.2. The Balaban J connectivity index is 1.98. The maximum atomic E-state index is 11.9. The maximum Gasteiger partial charge on any atom is 0.323 e.